The first-order valence-electron chi connectivity index (χ1n) is 4.09. The van der Waals surface area contributed by atoms with E-state index < -0.39 is 0 Å². The Hall–Kier alpha value is -0.603. The number of nitrogens with two attached hydrogens (primary N) is 1. The number of benzene rings is 1. The molecule has 0 aliphatic rings. The fourth-order valence-electron chi connectivity index (χ4n) is 1.20. The summed E-state index contributed by atoms with van der Waals surface area (Å²) in [5.41, 5.74) is 7.67. The maximum absolute atomic E-state index is 5.49. The molecule has 2 heteroatoms. The predicted molar refractivity (Wildman–Crippen MR) is 52.8 cm³/mol. The Labute approximate surface area is 71.0 Å². The van der Waals surface area contributed by atoms with Crippen LogP contribution in [-0.4, -0.2) is 16.8 Å². The lowest BCUT2D eigenvalue weighted by Crippen LogP contribution is -2.06. The highest BCUT2D eigenvalue weighted by atomic mass is 28.1. The molecule has 0 saturated heterocycles. The molecule has 0 aromatic heterocycles. The molecule has 1 rings (SSSR count). The molecular formula is C9H15NSi. The molecule has 0 fully saturated rings. The van der Waals surface area contributed by atoms with Crippen molar-refractivity contribution in [2.24, 2.45) is 5.73 Å². The number of hydrogen-bond donors (Lipinski definition) is 1. The quantitative estimate of drug-likeness (QED) is 0.646. The van der Waals surface area contributed by atoms with Crippen LogP contribution in [0.2, 0.25) is 0 Å². The van der Waals surface area contributed by atoms with Crippen molar-refractivity contribution in [2.75, 3.05) is 6.54 Å². The third kappa shape index (κ3) is 2.48. The molecule has 1 aromatic rings. The number of hydrogen-bond acceptors (Lipinski definition) is 1. The zero-order valence-corrected chi connectivity index (χ0v) is 8.96. The summed E-state index contributed by atoms with van der Waals surface area (Å²) in [5, 5.41) is 0. The maximum Gasteiger partial charge on any atom is 0.0123 e. The molecule has 1 unspecified atom stereocenters. The zero-order chi connectivity index (χ0) is 8.10. The van der Waals surface area contributed by atoms with E-state index in [1.807, 2.05) is 0 Å². The van der Waals surface area contributed by atoms with Crippen molar-refractivity contribution >= 4 is 10.2 Å². The van der Waals surface area contributed by atoms with Crippen LogP contribution in [0.5, 0.6) is 0 Å². The van der Waals surface area contributed by atoms with E-state index in [-0.39, 0.29) is 0 Å². The monoisotopic (exact) mass is 165 g/mol. The maximum atomic E-state index is 5.49. The van der Waals surface area contributed by atoms with E-state index in [2.05, 4.69) is 30.3 Å². The second-order valence-corrected chi connectivity index (χ2v) is 4.28. The minimum absolute atomic E-state index is 0.737. The Morgan fingerprint density at radius 1 is 1.27 bits per heavy atom. The molecule has 11 heavy (non-hydrogen) atoms. The van der Waals surface area contributed by atoms with Gasteiger partial charge in [0, 0.05) is 10.2 Å². The highest BCUT2D eigenvalue weighted by Crippen LogP contribution is 2.13. The van der Waals surface area contributed by atoms with E-state index in [0.717, 1.165) is 18.5 Å². The Balaban J connectivity index is 2.61. The molecule has 0 spiro atoms. The van der Waals surface area contributed by atoms with Crippen molar-refractivity contribution in [2.45, 2.75) is 12.0 Å². The van der Waals surface area contributed by atoms with Crippen LogP contribution in [0.15, 0.2) is 30.3 Å². The molecule has 0 bridgehead atoms. The Morgan fingerprint density at radius 3 is 2.45 bits per heavy atom. The third-order valence-electron chi connectivity index (χ3n) is 1.97. The van der Waals surface area contributed by atoms with E-state index in [0.29, 0.717) is 0 Å². The van der Waals surface area contributed by atoms with Gasteiger partial charge in [0.25, 0.3) is 0 Å². The van der Waals surface area contributed by atoms with E-state index in [1.54, 1.807) is 0 Å². The summed E-state index contributed by atoms with van der Waals surface area (Å²) in [5.74, 6) is 0. The second kappa shape index (κ2) is 4.31. The van der Waals surface area contributed by atoms with Crippen LogP contribution in [0.3, 0.4) is 0 Å². The number of rotatable bonds is 3. The Bertz CT molecular complexity index is 198. The van der Waals surface area contributed by atoms with Crippen molar-refractivity contribution in [1.29, 1.82) is 0 Å². The van der Waals surface area contributed by atoms with Crippen LogP contribution >= 0.6 is 0 Å². The van der Waals surface area contributed by atoms with Gasteiger partial charge in [-0.25, -0.2) is 0 Å². The summed E-state index contributed by atoms with van der Waals surface area (Å²) in [6.45, 7) is 0.809. The van der Waals surface area contributed by atoms with E-state index in [9.17, 15) is 0 Å². The summed E-state index contributed by atoms with van der Waals surface area (Å²) < 4.78 is 0. The molecular weight excluding hydrogens is 150 g/mol. The largest absolute Gasteiger partial charge is 0.330 e. The Morgan fingerprint density at radius 2 is 1.91 bits per heavy atom. The van der Waals surface area contributed by atoms with Crippen molar-refractivity contribution in [3.05, 3.63) is 35.9 Å². The van der Waals surface area contributed by atoms with E-state index >= 15 is 0 Å². The molecule has 0 radical (unpaired) electrons. The molecule has 0 saturated carbocycles. The summed E-state index contributed by atoms with van der Waals surface area (Å²) in [4.78, 5) is 0. The summed E-state index contributed by atoms with van der Waals surface area (Å²) in [7, 11) is 1.21. The first kappa shape index (κ1) is 8.49. The van der Waals surface area contributed by atoms with E-state index in [4.69, 9.17) is 5.73 Å². The zero-order valence-electron chi connectivity index (χ0n) is 6.96. The lowest BCUT2D eigenvalue weighted by Gasteiger charge is -2.08. The molecule has 1 atom stereocenters. The molecule has 1 nitrogen and oxygen atoms in total. The van der Waals surface area contributed by atoms with Gasteiger partial charge in [0.15, 0.2) is 0 Å². The van der Waals surface area contributed by atoms with Crippen molar-refractivity contribution in [3.8, 4) is 0 Å². The highest BCUT2D eigenvalue weighted by molar-refractivity contribution is 6.12. The first-order valence-corrected chi connectivity index (χ1v) is 5.25. The molecule has 1 aromatic carbocycles. The van der Waals surface area contributed by atoms with Gasteiger partial charge in [-0.3, -0.25) is 0 Å². The lowest BCUT2D eigenvalue weighted by molar-refractivity contribution is 0.804. The first-order chi connectivity index (χ1) is 5.34. The fraction of sp³-hybridized carbons (Fsp3) is 0.333. The smallest absolute Gasteiger partial charge is 0.0123 e. The summed E-state index contributed by atoms with van der Waals surface area (Å²) >= 11 is 0. The van der Waals surface area contributed by atoms with Crippen molar-refractivity contribution < 1.29 is 0 Å². The van der Waals surface area contributed by atoms with Crippen LogP contribution in [0, 0.1) is 0 Å². The summed E-state index contributed by atoms with van der Waals surface area (Å²) in [6.07, 6.45) is 1.14. The highest BCUT2D eigenvalue weighted by Gasteiger charge is 2.01. The predicted octanol–water partition coefficient (Wildman–Crippen LogP) is 0.442. The molecule has 0 aliphatic heterocycles. The third-order valence-corrected chi connectivity index (χ3v) is 3.21. The fourth-order valence-corrected chi connectivity index (χ4v) is 1.92. The van der Waals surface area contributed by atoms with Crippen molar-refractivity contribution in [1.82, 2.24) is 0 Å². The van der Waals surface area contributed by atoms with Gasteiger partial charge < -0.3 is 5.73 Å². The molecule has 60 valence electrons. The van der Waals surface area contributed by atoms with Crippen LogP contribution in [-0.2, 0) is 0 Å². The van der Waals surface area contributed by atoms with Crippen LogP contribution < -0.4 is 5.73 Å². The minimum atomic E-state index is 0.737. The molecule has 0 amide bonds. The molecule has 2 N–H and O–H groups in total. The Kier molecular flexibility index (Phi) is 3.33. The van der Waals surface area contributed by atoms with Crippen LogP contribution in [0.25, 0.3) is 0 Å². The molecule has 0 heterocycles. The van der Waals surface area contributed by atoms with Gasteiger partial charge in [-0.15, -0.1) is 0 Å². The topological polar surface area (TPSA) is 26.0 Å². The van der Waals surface area contributed by atoms with Crippen molar-refractivity contribution in [3.63, 3.8) is 0 Å². The van der Waals surface area contributed by atoms with Gasteiger partial charge in [-0.1, -0.05) is 30.3 Å². The van der Waals surface area contributed by atoms with Gasteiger partial charge in [0.1, 0.15) is 0 Å². The van der Waals surface area contributed by atoms with Crippen LogP contribution in [0.4, 0.5) is 0 Å². The van der Waals surface area contributed by atoms with Crippen LogP contribution in [0.1, 0.15) is 17.5 Å². The normalized spacial score (nSPS) is 13.2. The molecule has 0 aliphatic carbocycles. The lowest BCUT2D eigenvalue weighted by atomic mass is 10.1. The van der Waals surface area contributed by atoms with Gasteiger partial charge in [-0.05, 0) is 24.1 Å². The minimum Gasteiger partial charge on any atom is -0.330 e. The van der Waals surface area contributed by atoms with Gasteiger partial charge >= 0.3 is 0 Å². The van der Waals surface area contributed by atoms with Gasteiger partial charge in [-0.2, -0.15) is 0 Å². The van der Waals surface area contributed by atoms with Gasteiger partial charge in [0.05, 0.1) is 0 Å². The second-order valence-electron chi connectivity index (χ2n) is 2.89. The average molecular weight is 165 g/mol. The average Bonchev–Trinajstić information content (AvgIpc) is 2.07. The van der Waals surface area contributed by atoms with E-state index in [1.165, 1.54) is 15.8 Å². The summed E-state index contributed by atoms with van der Waals surface area (Å²) in [6, 6.07) is 10.6. The van der Waals surface area contributed by atoms with Gasteiger partial charge in [0.2, 0.25) is 0 Å². The SMILES string of the molecule is NCCC([SiH3])c1ccccc1. The standard InChI is InChI=1S/C9H15NSi/c10-7-6-9(11)8-4-2-1-3-5-8/h1-5,9H,6-7,10H2,11H3.